The van der Waals surface area contributed by atoms with Gasteiger partial charge >= 0.3 is 5.97 Å². The number of carbonyl (C=O) groups excluding carboxylic acids is 1. The van der Waals surface area contributed by atoms with E-state index in [0.29, 0.717) is 19.6 Å². The molecule has 0 aromatic heterocycles. The van der Waals surface area contributed by atoms with Gasteiger partial charge in [0.05, 0.1) is 13.2 Å². The molecule has 0 aliphatic carbocycles. The molecule has 0 bridgehead atoms. The Balaban J connectivity index is 2.27. The molecule has 0 heterocycles. The highest BCUT2D eigenvalue weighted by Gasteiger charge is 2.14. The molecule has 0 saturated heterocycles. The van der Waals surface area contributed by atoms with E-state index in [1.54, 1.807) is 6.92 Å². The number of hydrogen-bond acceptors (Lipinski definition) is 4. The molecule has 1 rings (SSSR count). The van der Waals surface area contributed by atoms with E-state index >= 15 is 0 Å². The third kappa shape index (κ3) is 5.19. The molecular weight excluding hydrogens is 286 g/mol. The van der Waals surface area contributed by atoms with E-state index in [2.05, 4.69) is 15.9 Å². The van der Waals surface area contributed by atoms with Gasteiger partial charge in [0.25, 0.3) is 0 Å². The second-order valence-electron chi connectivity index (χ2n) is 3.45. The van der Waals surface area contributed by atoms with Gasteiger partial charge in [0.2, 0.25) is 0 Å². The van der Waals surface area contributed by atoms with Crippen LogP contribution in [0.3, 0.4) is 0 Å². The summed E-state index contributed by atoms with van der Waals surface area (Å²) in [6.07, 6.45) is 0.439. The number of nitrogens with two attached hydrogens (primary N) is 1. The van der Waals surface area contributed by atoms with E-state index < -0.39 is 6.04 Å². The molecule has 94 valence electrons. The van der Waals surface area contributed by atoms with Crippen molar-refractivity contribution in [2.45, 2.75) is 19.4 Å². The Morgan fingerprint density at radius 2 is 2.06 bits per heavy atom. The number of ether oxygens (including phenoxy) is 2. The van der Waals surface area contributed by atoms with Crippen molar-refractivity contribution in [3.63, 3.8) is 0 Å². The first-order valence-electron chi connectivity index (χ1n) is 5.44. The lowest BCUT2D eigenvalue weighted by Crippen LogP contribution is -2.33. The van der Waals surface area contributed by atoms with Gasteiger partial charge in [-0.3, -0.25) is 4.79 Å². The highest BCUT2D eigenvalue weighted by Crippen LogP contribution is 2.16. The first-order valence-corrected chi connectivity index (χ1v) is 6.23. The van der Waals surface area contributed by atoms with Gasteiger partial charge in [-0.05, 0) is 31.2 Å². The van der Waals surface area contributed by atoms with E-state index in [0.717, 1.165) is 10.2 Å². The lowest BCUT2D eigenvalue weighted by atomic mass is 10.2. The van der Waals surface area contributed by atoms with E-state index in [4.69, 9.17) is 15.2 Å². The van der Waals surface area contributed by atoms with Gasteiger partial charge in [-0.15, -0.1) is 0 Å². The molecule has 0 aliphatic rings. The normalized spacial score (nSPS) is 11.9. The molecule has 2 N–H and O–H groups in total. The fourth-order valence-electron chi connectivity index (χ4n) is 1.20. The van der Waals surface area contributed by atoms with E-state index in [-0.39, 0.29) is 5.97 Å². The molecule has 0 radical (unpaired) electrons. The maximum Gasteiger partial charge on any atom is 0.323 e. The van der Waals surface area contributed by atoms with Crippen LogP contribution < -0.4 is 10.5 Å². The minimum absolute atomic E-state index is 0.347. The number of esters is 1. The van der Waals surface area contributed by atoms with Crippen LogP contribution in [0.25, 0.3) is 0 Å². The van der Waals surface area contributed by atoms with Gasteiger partial charge < -0.3 is 15.2 Å². The highest BCUT2D eigenvalue weighted by molar-refractivity contribution is 9.10. The molecule has 0 spiro atoms. The Bertz CT molecular complexity index is 353. The van der Waals surface area contributed by atoms with Gasteiger partial charge in [0.15, 0.2) is 0 Å². The fourth-order valence-corrected chi connectivity index (χ4v) is 1.47. The molecule has 17 heavy (non-hydrogen) atoms. The molecule has 0 aliphatic heterocycles. The van der Waals surface area contributed by atoms with Crippen LogP contribution in [-0.2, 0) is 9.53 Å². The maximum absolute atomic E-state index is 11.2. The zero-order valence-corrected chi connectivity index (χ0v) is 11.3. The first kappa shape index (κ1) is 14.0. The number of carbonyl (C=O) groups is 1. The van der Waals surface area contributed by atoms with Crippen LogP contribution in [-0.4, -0.2) is 25.2 Å². The summed E-state index contributed by atoms with van der Waals surface area (Å²) >= 11 is 3.34. The van der Waals surface area contributed by atoms with Gasteiger partial charge in [-0.1, -0.05) is 15.9 Å². The van der Waals surface area contributed by atoms with Gasteiger partial charge in [0.1, 0.15) is 11.8 Å². The van der Waals surface area contributed by atoms with Crippen LogP contribution in [0, 0.1) is 0 Å². The van der Waals surface area contributed by atoms with Gasteiger partial charge in [-0.2, -0.15) is 0 Å². The Morgan fingerprint density at radius 1 is 1.41 bits per heavy atom. The first-order chi connectivity index (χ1) is 8.13. The summed E-state index contributed by atoms with van der Waals surface area (Å²) in [6.45, 7) is 2.49. The summed E-state index contributed by atoms with van der Waals surface area (Å²) in [5.41, 5.74) is 5.63. The van der Waals surface area contributed by atoms with Crippen molar-refractivity contribution >= 4 is 21.9 Å². The van der Waals surface area contributed by atoms with Crippen molar-refractivity contribution in [3.8, 4) is 5.75 Å². The van der Waals surface area contributed by atoms with E-state index in [1.807, 2.05) is 24.3 Å². The molecule has 0 fully saturated rings. The van der Waals surface area contributed by atoms with Crippen molar-refractivity contribution in [1.29, 1.82) is 0 Å². The summed E-state index contributed by atoms with van der Waals surface area (Å²) in [4.78, 5) is 11.2. The van der Waals surface area contributed by atoms with E-state index in [1.165, 1.54) is 0 Å². The summed E-state index contributed by atoms with van der Waals surface area (Å²) in [6, 6.07) is 6.85. The van der Waals surface area contributed by atoms with Crippen molar-refractivity contribution in [2.24, 2.45) is 5.73 Å². The second-order valence-corrected chi connectivity index (χ2v) is 4.37. The monoisotopic (exact) mass is 301 g/mol. The van der Waals surface area contributed by atoms with Crippen LogP contribution in [0.15, 0.2) is 28.7 Å². The fraction of sp³-hybridized carbons (Fsp3) is 0.417. The molecule has 1 unspecified atom stereocenters. The summed E-state index contributed by atoms with van der Waals surface area (Å²) in [5.74, 6) is 0.371. The Kier molecular flexibility index (Phi) is 6.00. The Labute approximate surface area is 109 Å². The van der Waals surface area contributed by atoms with Gasteiger partial charge in [0, 0.05) is 10.9 Å². The maximum atomic E-state index is 11.2. The zero-order valence-electron chi connectivity index (χ0n) is 9.69. The minimum Gasteiger partial charge on any atom is -0.494 e. The zero-order chi connectivity index (χ0) is 12.7. The lowest BCUT2D eigenvalue weighted by Gasteiger charge is -2.11. The minimum atomic E-state index is -0.620. The molecule has 1 atom stereocenters. The Hall–Kier alpha value is -1.07. The SMILES string of the molecule is CCOC(=O)C(N)CCOc1ccc(Br)cc1. The lowest BCUT2D eigenvalue weighted by molar-refractivity contribution is -0.145. The number of rotatable bonds is 6. The van der Waals surface area contributed by atoms with Crippen molar-refractivity contribution in [1.82, 2.24) is 0 Å². The summed E-state index contributed by atoms with van der Waals surface area (Å²) < 4.78 is 11.2. The third-order valence-corrected chi connectivity index (χ3v) is 2.63. The molecule has 5 heteroatoms. The van der Waals surface area contributed by atoms with Gasteiger partial charge in [-0.25, -0.2) is 0 Å². The van der Waals surface area contributed by atoms with Crippen molar-refractivity contribution in [3.05, 3.63) is 28.7 Å². The molecule has 1 aromatic rings. The molecule has 0 amide bonds. The van der Waals surface area contributed by atoms with Crippen molar-refractivity contribution in [2.75, 3.05) is 13.2 Å². The van der Waals surface area contributed by atoms with Crippen LogP contribution in [0.2, 0.25) is 0 Å². The van der Waals surface area contributed by atoms with E-state index in [9.17, 15) is 4.79 Å². The quantitative estimate of drug-likeness (QED) is 0.818. The predicted molar refractivity (Wildman–Crippen MR) is 68.9 cm³/mol. The number of halogens is 1. The molecular formula is C12H16BrNO3. The summed E-state index contributed by atoms with van der Waals surface area (Å²) in [7, 11) is 0. The standard InChI is InChI=1S/C12H16BrNO3/c1-2-16-12(15)11(14)7-8-17-10-5-3-9(13)4-6-10/h3-6,11H,2,7-8,14H2,1H3. The topological polar surface area (TPSA) is 61.5 Å². The smallest absolute Gasteiger partial charge is 0.323 e. The van der Waals surface area contributed by atoms with Crippen molar-refractivity contribution < 1.29 is 14.3 Å². The molecule has 4 nitrogen and oxygen atoms in total. The van der Waals surface area contributed by atoms with Crippen LogP contribution in [0.4, 0.5) is 0 Å². The second kappa shape index (κ2) is 7.29. The largest absolute Gasteiger partial charge is 0.494 e. The molecule has 0 saturated carbocycles. The predicted octanol–water partition coefficient (Wildman–Crippen LogP) is 2.11. The molecule has 1 aromatic carbocycles. The summed E-state index contributed by atoms with van der Waals surface area (Å²) in [5, 5.41) is 0. The Morgan fingerprint density at radius 3 is 2.65 bits per heavy atom. The number of hydrogen-bond donors (Lipinski definition) is 1. The van der Waals surface area contributed by atoms with Crippen LogP contribution >= 0.6 is 15.9 Å². The van der Waals surface area contributed by atoms with Crippen LogP contribution in [0.5, 0.6) is 5.75 Å². The highest BCUT2D eigenvalue weighted by atomic mass is 79.9. The third-order valence-electron chi connectivity index (χ3n) is 2.10. The number of benzene rings is 1. The average molecular weight is 302 g/mol. The average Bonchev–Trinajstić information content (AvgIpc) is 2.32. The van der Waals surface area contributed by atoms with Crippen LogP contribution in [0.1, 0.15) is 13.3 Å².